The molecule has 2 fully saturated rings. The molecule has 164 valence electrons. The lowest BCUT2D eigenvalue weighted by Gasteiger charge is -2.35. The monoisotopic (exact) mass is 423 g/mol. The van der Waals surface area contributed by atoms with Gasteiger partial charge in [0.05, 0.1) is 18.8 Å². The maximum absolute atomic E-state index is 13.0. The molecule has 2 aliphatic rings. The molecule has 2 saturated heterocycles. The van der Waals surface area contributed by atoms with Gasteiger partial charge in [0.25, 0.3) is 11.8 Å². The second-order valence-electron chi connectivity index (χ2n) is 7.85. The fourth-order valence-corrected chi connectivity index (χ4v) is 4.07. The van der Waals surface area contributed by atoms with Crippen LogP contribution in [-0.2, 0) is 9.53 Å². The summed E-state index contributed by atoms with van der Waals surface area (Å²) in [4.78, 5) is 29.4. The minimum atomic E-state index is -0.106. The van der Waals surface area contributed by atoms with Crippen LogP contribution in [0.4, 0.5) is 5.69 Å². The van der Waals surface area contributed by atoms with E-state index in [-0.39, 0.29) is 24.5 Å². The molecule has 7 nitrogen and oxygen atoms in total. The fourth-order valence-electron chi connectivity index (χ4n) is 4.07. The average Bonchev–Trinajstić information content (AvgIpc) is 2.84. The Kier molecular flexibility index (Phi) is 7.04. The van der Waals surface area contributed by atoms with Gasteiger partial charge in [0, 0.05) is 37.9 Å². The van der Waals surface area contributed by atoms with Crippen molar-refractivity contribution in [2.45, 2.75) is 18.9 Å². The Labute approximate surface area is 182 Å². The van der Waals surface area contributed by atoms with Gasteiger partial charge in [-0.3, -0.25) is 9.59 Å². The molecule has 0 spiro atoms. The third kappa shape index (κ3) is 5.55. The molecule has 0 bridgehead atoms. The Bertz CT molecular complexity index is 875. The Morgan fingerprint density at radius 2 is 1.61 bits per heavy atom. The Hall–Kier alpha value is -3.06. The van der Waals surface area contributed by atoms with E-state index >= 15 is 0 Å². The van der Waals surface area contributed by atoms with Crippen LogP contribution in [0.1, 0.15) is 23.2 Å². The molecule has 0 unspecified atom stereocenters. The zero-order chi connectivity index (χ0) is 21.5. The highest BCUT2D eigenvalue weighted by Crippen LogP contribution is 2.26. The molecule has 0 radical (unpaired) electrons. The van der Waals surface area contributed by atoms with Gasteiger partial charge in [-0.2, -0.15) is 0 Å². The van der Waals surface area contributed by atoms with E-state index in [2.05, 4.69) is 10.2 Å². The van der Waals surface area contributed by atoms with Crippen LogP contribution < -0.4 is 15.0 Å². The lowest BCUT2D eigenvalue weighted by molar-refractivity contribution is -0.123. The largest absolute Gasteiger partial charge is 0.484 e. The predicted octanol–water partition coefficient (Wildman–Crippen LogP) is 2.32. The lowest BCUT2D eigenvalue weighted by atomic mass is 10.0. The van der Waals surface area contributed by atoms with Crippen LogP contribution in [0.5, 0.6) is 5.75 Å². The summed E-state index contributed by atoms with van der Waals surface area (Å²) in [6, 6.07) is 17.3. The minimum Gasteiger partial charge on any atom is -0.484 e. The summed E-state index contributed by atoms with van der Waals surface area (Å²) in [6.07, 6.45) is 1.66. The van der Waals surface area contributed by atoms with E-state index in [9.17, 15) is 9.59 Å². The molecule has 7 heteroatoms. The van der Waals surface area contributed by atoms with Gasteiger partial charge >= 0.3 is 0 Å². The summed E-state index contributed by atoms with van der Waals surface area (Å²) in [5.74, 6) is 0.645. The number of piperidine rings is 1. The van der Waals surface area contributed by atoms with Crippen LogP contribution in [0.15, 0.2) is 54.6 Å². The van der Waals surface area contributed by atoms with E-state index in [1.807, 2.05) is 59.5 Å². The number of hydrogen-bond donors (Lipinski definition) is 1. The second-order valence-corrected chi connectivity index (χ2v) is 7.85. The van der Waals surface area contributed by atoms with Gasteiger partial charge in [0.1, 0.15) is 5.75 Å². The molecule has 1 N–H and O–H groups in total. The van der Waals surface area contributed by atoms with Gasteiger partial charge in [-0.25, -0.2) is 0 Å². The van der Waals surface area contributed by atoms with Crippen molar-refractivity contribution in [1.82, 2.24) is 10.2 Å². The van der Waals surface area contributed by atoms with Gasteiger partial charge < -0.3 is 24.6 Å². The maximum Gasteiger partial charge on any atom is 0.258 e. The summed E-state index contributed by atoms with van der Waals surface area (Å²) >= 11 is 0. The molecular formula is C24H29N3O4. The SMILES string of the molecule is O=C(COc1ccccc1)NC1CCN(c2ccccc2C(=O)N2CCOCC2)CC1. The number of amides is 2. The third-order valence-electron chi connectivity index (χ3n) is 5.75. The number of anilines is 1. The van der Waals surface area contributed by atoms with Crippen molar-refractivity contribution in [2.24, 2.45) is 0 Å². The molecule has 2 aliphatic heterocycles. The molecule has 2 amide bonds. The number of para-hydroxylation sites is 2. The minimum absolute atomic E-state index is 0.0150. The lowest BCUT2D eigenvalue weighted by Crippen LogP contribution is -2.46. The maximum atomic E-state index is 13.0. The van der Waals surface area contributed by atoms with Crippen molar-refractivity contribution in [3.8, 4) is 5.75 Å². The zero-order valence-electron chi connectivity index (χ0n) is 17.7. The Morgan fingerprint density at radius 1 is 0.935 bits per heavy atom. The highest BCUT2D eigenvalue weighted by Gasteiger charge is 2.26. The van der Waals surface area contributed by atoms with Gasteiger partial charge in [0.2, 0.25) is 0 Å². The standard InChI is InChI=1S/C24H29N3O4/c28-23(18-31-20-6-2-1-3-7-20)25-19-10-12-26(13-11-19)22-9-5-4-8-21(22)24(29)27-14-16-30-17-15-27/h1-9,19H,10-18H2,(H,25,28). The first kappa shape index (κ1) is 21.2. The first-order valence-electron chi connectivity index (χ1n) is 10.9. The molecule has 2 aromatic rings. The first-order valence-corrected chi connectivity index (χ1v) is 10.9. The normalized spacial score (nSPS) is 17.3. The number of rotatable bonds is 6. The van der Waals surface area contributed by atoms with Crippen molar-refractivity contribution < 1.29 is 19.1 Å². The van der Waals surface area contributed by atoms with Crippen LogP contribution in [0, 0.1) is 0 Å². The second kappa shape index (κ2) is 10.3. The van der Waals surface area contributed by atoms with Gasteiger partial charge in [-0.15, -0.1) is 0 Å². The number of carbonyl (C=O) groups excluding carboxylic acids is 2. The smallest absolute Gasteiger partial charge is 0.258 e. The third-order valence-corrected chi connectivity index (χ3v) is 5.75. The highest BCUT2D eigenvalue weighted by atomic mass is 16.5. The van der Waals surface area contributed by atoms with Crippen LogP contribution in [0.25, 0.3) is 0 Å². The molecule has 4 rings (SSSR count). The van der Waals surface area contributed by atoms with Crippen molar-refractivity contribution in [1.29, 1.82) is 0 Å². The molecule has 31 heavy (non-hydrogen) atoms. The first-order chi connectivity index (χ1) is 15.2. The van der Waals surface area contributed by atoms with Gasteiger partial charge in [-0.05, 0) is 37.1 Å². The van der Waals surface area contributed by atoms with Crippen LogP contribution >= 0.6 is 0 Å². The van der Waals surface area contributed by atoms with E-state index in [1.165, 1.54) is 0 Å². The molecule has 0 aliphatic carbocycles. The number of nitrogens with one attached hydrogen (secondary N) is 1. The van der Waals surface area contributed by atoms with Crippen molar-refractivity contribution in [2.75, 3.05) is 50.9 Å². The summed E-state index contributed by atoms with van der Waals surface area (Å²) in [6.45, 7) is 4.04. The molecule has 2 aromatic carbocycles. The molecule has 0 saturated carbocycles. The number of benzene rings is 2. The van der Waals surface area contributed by atoms with E-state index in [0.717, 1.165) is 37.2 Å². The quantitative estimate of drug-likeness (QED) is 0.772. The van der Waals surface area contributed by atoms with Crippen LogP contribution in [0.2, 0.25) is 0 Å². The average molecular weight is 424 g/mol. The Morgan fingerprint density at radius 3 is 2.35 bits per heavy atom. The van der Waals surface area contributed by atoms with E-state index < -0.39 is 0 Å². The molecule has 2 heterocycles. The van der Waals surface area contributed by atoms with Gasteiger partial charge in [-0.1, -0.05) is 30.3 Å². The number of morpholine rings is 1. The number of nitrogens with zero attached hydrogens (tertiary/aromatic N) is 2. The van der Waals surface area contributed by atoms with Crippen LogP contribution in [0.3, 0.4) is 0 Å². The molecule has 0 aromatic heterocycles. The zero-order valence-corrected chi connectivity index (χ0v) is 17.7. The number of hydrogen-bond acceptors (Lipinski definition) is 5. The summed E-state index contributed by atoms with van der Waals surface area (Å²) in [5.41, 5.74) is 1.71. The summed E-state index contributed by atoms with van der Waals surface area (Å²) in [5, 5.41) is 3.07. The summed E-state index contributed by atoms with van der Waals surface area (Å²) in [7, 11) is 0. The van der Waals surface area contributed by atoms with Crippen molar-refractivity contribution in [3.63, 3.8) is 0 Å². The summed E-state index contributed by atoms with van der Waals surface area (Å²) < 4.78 is 10.9. The molecule has 0 atom stereocenters. The number of carbonyl (C=O) groups is 2. The topological polar surface area (TPSA) is 71.1 Å². The van der Waals surface area contributed by atoms with Crippen molar-refractivity contribution in [3.05, 3.63) is 60.2 Å². The van der Waals surface area contributed by atoms with E-state index in [0.29, 0.717) is 32.1 Å². The highest BCUT2D eigenvalue weighted by molar-refractivity contribution is 6.00. The number of ether oxygens (including phenoxy) is 2. The van der Waals surface area contributed by atoms with Gasteiger partial charge in [0.15, 0.2) is 6.61 Å². The van der Waals surface area contributed by atoms with Crippen LogP contribution in [-0.4, -0.2) is 68.8 Å². The predicted molar refractivity (Wildman–Crippen MR) is 118 cm³/mol. The van der Waals surface area contributed by atoms with Crippen molar-refractivity contribution >= 4 is 17.5 Å². The Balaban J connectivity index is 1.30. The van der Waals surface area contributed by atoms with E-state index in [4.69, 9.17) is 9.47 Å². The molecular weight excluding hydrogens is 394 g/mol. The fraction of sp³-hybridized carbons (Fsp3) is 0.417. The van der Waals surface area contributed by atoms with E-state index in [1.54, 1.807) is 0 Å².